The predicted molar refractivity (Wildman–Crippen MR) is 65.3 cm³/mol. The Kier molecular flexibility index (Phi) is 3.36. The molecule has 1 heterocycles. The van der Waals surface area contributed by atoms with Crippen molar-refractivity contribution in [2.45, 2.75) is 10.1 Å². The lowest BCUT2D eigenvalue weighted by Crippen LogP contribution is -1.84. The van der Waals surface area contributed by atoms with Gasteiger partial charge >= 0.3 is 0 Å². The van der Waals surface area contributed by atoms with Crippen molar-refractivity contribution in [2.24, 2.45) is 0 Å². The summed E-state index contributed by atoms with van der Waals surface area (Å²) in [5, 5.41) is 0.789. The van der Waals surface area contributed by atoms with Crippen LogP contribution in [0.2, 0.25) is 0 Å². The number of halogens is 1. The molecule has 2 aromatic rings. The highest BCUT2D eigenvalue weighted by molar-refractivity contribution is 14.1. The van der Waals surface area contributed by atoms with Crippen molar-refractivity contribution < 1.29 is 0 Å². The van der Waals surface area contributed by atoms with Crippen LogP contribution in [0.15, 0.2) is 52.8 Å². The molecule has 0 bridgehead atoms. The fourth-order valence-corrected chi connectivity index (χ4v) is 2.42. The van der Waals surface area contributed by atoms with Gasteiger partial charge < -0.3 is 0 Å². The van der Waals surface area contributed by atoms with E-state index in [-0.39, 0.29) is 0 Å². The lowest BCUT2D eigenvalue weighted by Gasteiger charge is -2.01. The maximum Gasteiger partial charge on any atom is 0.192 e. The first-order chi connectivity index (χ1) is 6.86. The van der Waals surface area contributed by atoms with E-state index in [2.05, 4.69) is 44.7 Å². The standard InChI is InChI=1S/C10H7IN2S/c11-8-4-1-2-5-9(8)14-10-12-6-3-7-13-10/h1-7H. The van der Waals surface area contributed by atoms with E-state index in [0.717, 1.165) is 5.16 Å². The molecule has 2 rings (SSSR count). The molecule has 14 heavy (non-hydrogen) atoms. The van der Waals surface area contributed by atoms with Crippen LogP contribution < -0.4 is 0 Å². The van der Waals surface area contributed by atoms with Crippen LogP contribution in [0.5, 0.6) is 0 Å². The quantitative estimate of drug-likeness (QED) is 0.629. The Bertz CT molecular complexity index is 419. The number of hydrogen-bond donors (Lipinski definition) is 0. The molecule has 0 unspecified atom stereocenters. The number of rotatable bonds is 2. The van der Waals surface area contributed by atoms with E-state index in [1.807, 2.05) is 18.2 Å². The molecule has 70 valence electrons. The van der Waals surface area contributed by atoms with Crippen molar-refractivity contribution in [3.63, 3.8) is 0 Å². The van der Waals surface area contributed by atoms with Gasteiger partial charge in [-0.15, -0.1) is 0 Å². The minimum atomic E-state index is 0.789. The molecule has 0 saturated carbocycles. The fourth-order valence-electron chi connectivity index (χ4n) is 0.964. The van der Waals surface area contributed by atoms with Gasteiger partial charge in [0.15, 0.2) is 5.16 Å². The Balaban J connectivity index is 2.24. The molecule has 1 aromatic carbocycles. The second-order valence-electron chi connectivity index (χ2n) is 2.56. The van der Waals surface area contributed by atoms with Crippen molar-refractivity contribution in [1.29, 1.82) is 0 Å². The van der Waals surface area contributed by atoms with Gasteiger partial charge in [-0.05, 0) is 52.6 Å². The Morgan fingerprint density at radius 2 is 1.71 bits per heavy atom. The van der Waals surface area contributed by atoms with Crippen LogP contribution in [-0.2, 0) is 0 Å². The third kappa shape index (κ3) is 2.45. The summed E-state index contributed by atoms with van der Waals surface area (Å²) in [4.78, 5) is 9.52. The summed E-state index contributed by atoms with van der Waals surface area (Å²) in [5.41, 5.74) is 0. The van der Waals surface area contributed by atoms with Crippen LogP contribution >= 0.6 is 34.4 Å². The van der Waals surface area contributed by atoms with Crippen molar-refractivity contribution in [2.75, 3.05) is 0 Å². The monoisotopic (exact) mass is 314 g/mol. The molecule has 0 aliphatic carbocycles. The zero-order valence-corrected chi connectivity index (χ0v) is 10.2. The van der Waals surface area contributed by atoms with Crippen LogP contribution in [-0.4, -0.2) is 9.97 Å². The maximum atomic E-state index is 4.16. The van der Waals surface area contributed by atoms with Crippen molar-refractivity contribution >= 4 is 34.4 Å². The van der Waals surface area contributed by atoms with E-state index in [4.69, 9.17) is 0 Å². The number of benzene rings is 1. The van der Waals surface area contributed by atoms with Crippen LogP contribution in [0.1, 0.15) is 0 Å². The summed E-state index contributed by atoms with van der Waals surface area (Å²) in [6.07, 6.45) is 3.51. The molecule has 0 amide bonds. The predicted octanol–water partition coefficient (Wildman–Crippen LogP) is 3.23. The Morgan fingerprint density at radius 3 is 2.43 bits per heavy atom. The van der Waals surface area contributed by atoms with Crippen LogP contribution in [0.25, 0.3) is 0 Å². The van der Waals surface area contributed by atoms with E-state index >= 15 is 0 Å². The minimum absolute atomic E-state index is 0.789. The smallest absolute Gasteiger partial charge is 0.192 e. The zero-order chi connectivity index (χ0) is 9.80. The minimum Gasteiger partial charge on any atom is -0.231 e. The largest absolute Gasteiger partial charge is 0.231 e. The second kappa shape index (κ2) is 4.75. The Morgan fingerprint density at radius 1 is 1.00 bits per heavy atom. The fraction of sp³-hybridized carbons (Fsp3) is 0. The van der Waals surface area contributed by atoms with Gasteiger partial charge in [-0.1, -0.05) is 12.1 Å². The summed E-state index contributed by atoms with van der Waals surface area (Å²) in [6.45, 7) is 0. The first kappa shape index (κ1) is 9.92. The molecule has 1 aromatic heterocycles. The molecular formula is C10H7IN2S. The average molecular weight is 314 g/mol. The van der Waals surface area contributed by atoms with Gasteiger partial charge in [0.25, 0.3) is 0 Å². The molecule has 2 nitrogen and oxygen atoms in total. The first-order valence-corrected chi connectivity index (χ1v) is 5.95. The molecule has 0 aliphatic rings. The summed E-state index contributed by atoms with van der Waals surface area (Å²) in [7, 11) is 0. The molecular weight excluding hydrogens is 307 g/mol. The van der Waals surface area contributed by atoms with Gasteiger partial charge in [0.2, 0.25) is 0 Å². The van der Waals surface area contributed by atoms with Gasteiger partial charge in [-0.2, -0.15) is 0 Å². The van der Waals surface area contributed by atoms with E-state index < -0.39 is 0 Å². The maximum absolute atomic E-state index is 4.16. The zero-order valence-electron chi connectivity index (χ0n) is 7.22. The SMILES string of the molecule is Ic1ccccc1Sc1ncccn1. The molecule has 0 radical (unpaired) electrons. The van der Waals surface area contributed by atoms with Crippen LogP contribution in [0.3, 0.4) is 0 Å². The summed E-state index contributed by atoms with van der Waals surface area (Å²) >= 11 is 3.90. The highest BCUT2D eigenvalue weighted by Gasteiger charge is 2.01. The molecule has 0 atom stereocenters. The third-order valence-corrected chi connectivity index (χ3v) is 3.86. The van der Waals surface area contributed by atoms with E-state index in [1.165, 1.54) is 8.47 Å². The van der Waals surface area contributed by atoms with Gasteiger partial charge in [0, 0.05) is 20.9 Å². The van der Waals surface area contributed by atoms with Crippen LogP contribution in [0.4, 0.5) is 0 Å². The van der Waals surface area contributed by atoms with Gasteiger partial charge in [0.1, 0.15) is 0 Å². The molecule has 0 aliphatic heterocycles. The number of aromatic nitrogens is 2. The highest BCUT2D eigenvalue weighted by atomic mass is 127. The summed E-state index contributed by atoms with van der Waals surface area (Å²) < 4.78 is 1.22. The van der Waals surface area contributed by atoms with Crippen molar-refractivity contribution in [1.82, 2.24) is 9.97 Å². The first-order valence-electron chi connectivity index (χ1n) is 4.05. The Labute approximate surface area is 100 Å². The van der Waals surface area contributed by atoms with Gasteiger partial charge in [-0.25, -0.2) is 9.97 Å². The second-order valence-corrected chi connectivity index (χ2v) is 4.74. The summed E-state index contributed by atoms with van der Waals surface area (Å²) in [5.74, 6) is 0. The topological polar surface area (TPSA) is 25.8 Å². The van der Waals surface area contributed by atoms with E-state index in [1.54, 1.807) is 24.2 Å². The number of nitrogens with zero attached hydrogens (tertiary/aromatic N) is 2. The summed E-state index contributed by atoms with van der Waals surface area (Å²) in [6, 6.07) is 10.0. The van der Waals surface area contributed by atoms with E-state index in [9.17, 15) is 0 Å². The van der Waals surface area contributed by atoms with Crippen LogP contribution in [0, 0.1) is 3.57 Å². The lowest BCUT2D eigenvalue weighted by atomic mass is 10.4. The normalized spacial score (nSPS) is 10.1. The van der Waals surface area contributed by atoms with Gasteiger partial charge in [-0.3, -0.25) is 0 Å². The third-order valence-electron chi connectivity index (χ3n) is 1.58. The average Bonchev–Trinajstić information content (AvgIpc) is 2.23. The Hall–Kier alpha value is -0.620. The van der Waals surface area contributed by atoms with Gasteiger partial charge in [0.05, 0.1) is 0 Å². The molecule has 0 N–H and O–H groups in total. The van der Waals surface area contributed by atoms with Crippen molar-refractivity contribution in [3.8, 4) is 0 Å². The molecule has 4 heteroatoms. The molecule has 0 fully saturated rings. The highest BCUT2D eigenvalue weighted by Crippen LogP contribution is 2.27. The van der Waals surface area contributed by atoms with Crippen molar-refractivity contribution in [3.05, 3.63) is 46.3 Å². The molecule has 0 saturated heterocycles. The molecule has 0 spiro atoms. The van der Waals surface area contributed by atoms with E-state index in [0.29, 0.717) is 0 Å². The lowest BCUT2D eigenvalue weighted by molar-refractivity contribution is 0.966. The number of hydrogen-bond acceptors (Lipinski definition) is 3.